The topological polar surface area (TPSA) is 52.0 Å². The molecule has 0 saturated carbocycles. The Kier molecular flexibility index (Phi) is 3.26. The zero-order chi connectivity index (χ0) is 15.8. The molecule has 23 heavy (non-hydrogen) atoms. The van der Waals surface area contributed by atoms with E-state index in [-0.39, 0.29) is 5.92 Å². The highest BCUT2D eigenvalue weighted by Gasteiger charge is 2.25. The van der Waals surface area contributed by atoms with Crippen LogP contribution < -0.4 is 10.1 Å². The van der Waals surface area contributed by atoms with Crippen molar-refractivity contribution in [3.05, 3.63) is 54.4 Å². The molecule has 0 radical (unpaired) electrons. The lowest BCUT2D eigenvalue weighted by Gasteiger charge is -2.13. The molecule has 4 rings (SSSR count). The van der Waals surface area contributed by atoms with E-state index in [9.17, 15) is 0 Å². The summed E-state index contributed by atoms with van der Waals surface area (Å²) in [6.07, 6.45) is 0. The first-order chi connectivity index (χ1) is 11.3. The minimum Gasteiger partial charge on any atom is -0.497 e. The molecule has 0 fully saturated rings. The minimum atomic E-state index is 0.262. The van der Waals surface area contributed by atoms with Crippen LogP contribution in [0.1, 0.15) is 18.7 Å². The summed E-state index contributed by atoms with van der Waals surface area (Å²) >= 11 is 0. The molecule has 0 unspecified atom stereocenters. The van der Waals surface area contributed by atoms with Gasteiger partial charge >= 0.3 is 0 Å². The van der Waals surface area contributed by atoms with Crippen LogP contribution in [0.25, 0.3) is 17.1 Å². The number of methoxy groups -OCH3 is 1. The number of nitrogens with zero attached hydrogens (tertiary/aromatic N) is 3. The minimum absolute atomic E-state index is 0.262. The van der Waals surface area contributed by atoms with Crippen LogP contribution in [0.4, 0.5) is 5.69 Å². The van der Waals surface area contributed by atoms with Gasteiger partial charge in [-0.15, -0.1) is 10.2 Å². The van der Waals surface area contributed by atoms with Crippen LogP contribution in [0.3, 0.4) is 0 Å². The second kappa shape index (κ2) is 5.43. The summed E-state index contributed by atoms with van der Waals surface area (Å²) in [5, 5.41) is 12.4. The smallest absolute Gasteiger partial charge is 0.168 e. The van der Waals surface area contributed by atoms with Gasteiger partial charge in [0, 0.05) is 24.1 Å². The van der Waals surface area contributed by atoms with Gasteiger partial charge in [0.1, 0.15) is 11.6 Å². The highest BCUT2D eigenvalue weighted by Crippen LogP contribution is 2.35. The maximum atomic E-state index is 5.40. The number of nitrogens with one attached hydrogen (secondary N) is 1. The van der Waals surface area contributed by atoms with E-state index in [1.54, 1.807) is 7.11 Å². The van der Waals surface area contributed by atoms with Crippen LogP contribution >= 0.6 is 0 Å². The Hall–Kier alpha value is -2.82. The van der Waals surface area contributed by atoms with Crippen molar-refractivity contribution in [2.24, 2.45) is 0 Å². The molecule has 5 nitrogen and oxygen atoms in total. The van der Waals surface area contributed by atoms with Crippen LogP contribution in [0.15, 0.2) is 48.5 Å². The summed E-state index contributed by atoms with van der Waals surface area (Å²) in [6.45, 7) is 2.98. The first kappa shape index (κ1) is 13.8. The number of aromatic nitrogens is 3. The molecule has 5 heteroatoms. The number of benzene rings is 2. The molecule has 116 valence electrons. The first-order valence-corrected chi connectivity index (χ1v) is 7.71. The van der Waals surface area contributed by atoms with E-state index < -0.39 is 0 Å². The molecule has 2 heterocycles. The fourth-order valence-corrected chi connectivity index (χ4v) is 2.95. The number of hydrogen-bond acceptors (Lipinski definition) is 4. The molecule has 1 atom stereocenters. The van der Waals surface area contributed by atoms with Gasteiger partial charge in [-0.2, -0.15) is 0 Å². The summed E-state index contributed by atoms with van der Waals surface area (Å²) in [5.41, 5.74) is 3.13. The maximum Gasteiger partial charge on any atom is 0.168 e. The van der Waals surface area contributed by atoms with E-state index in [1.807, 2.05) is 36.4 Å². The molecule has 0 bridgehead atoms. The van der Waals surface area contributed by atoms with E-state index in [1.165, 1.54) is 0 Å². The third kappa shape index (κ3) is 2.25. The molecule has 0 saturated heterocycles. The van der Waals surface area contributed by atoms with Crippen LogP contribution in [0.2, 0.25) is 0 Å². The van der Waals surface area contributed by atoms with E-state index >= 15 is 0 Å². The molecule has 3 aromatic rings. The van der Waals surface area contributed by atoms with Crippen LogP contribution in [0, 0.1) is 0 Å². The zero-order valence-corrected chi connectivity index (χ0v) is 13.2. The molecule has 0 amide bonds. The third-order valence-corrected chi connectivity index (χ3v) is 4.21. The van der Waals surface area contributed by atoms with Crippen molar-refractivity contribution in [3.8, 4) is 22.8 Å². The number of hydrogen-bond donors (Lipinski definition) is 1. The van der Waals surface area contributed by atoms with Crippen LogP contribution in [-0.4, -0.2) is 28.4 Å². The molecule has 0 spiro atoms. The second-order valence-corrected chi connectivity index (χ2v) is 5.75. The van der Waals surface area contributed by atoms with Crippen molar-refractivity contribution in [2.45, 2.75) is 12.8 Å². The molecule has 1 aliphatic heterocycles. The molecular weight excluding hydrogens is 288 g/mol. The Morgan fingerprint density at radius 3 is 2.74 bits per heavy atom. The standard InChI is InChI=1S/C18H18N4O/c1-12-11-19-15-9-8-14(23-2)10-16(15)22-17(12)20-21-18(22)13-6-4-3-5-7-13/h3-10,12,19H,11H2,1-2H3/t12-/m1/s1. The van der Waals surface area contributed by atoms with Gasteiger partial charge in [-0.3, -0.25) is 4.57 Å². The average Bonchev–Trinajstić information content (AvgIpc) is 3.00. The van der Waals surface area contributed by atoms with Gasteiger partial charge in [0.15, 0.2) is 5.82 Å². The van der Waals surface area contributed by atoms with Gasteiger partial charge in [0.25, 0.3) is 0 Å². The molecular formula is C18H18N4O. The number of ether oxygens (including phenoxy) is 1. The zero-order valence-electron chi connectivity index (χ0n) is 13.2. The van der Waals surface area contributed by atoms with Crippen molar-refractivity contribution in [1.82, 2.24) is 14.8 Å². The van der Waals surface area contributed by atoms with Crippen LogP contribution in [-0.2, 0) is 0 Å². The lowest BCUT2D eigenvalue weighted by Crippen LogP contribution is -2.09. The summed E-state index contributed by atoms with van der Waals surface area (Å²) < 4.78 is 7.54. The predicted molar refractivity (Wildman–Crippen MR) is 90.3 cm³/mol. The highest BCUT2D eigenvalue weighted by molar-refractivity contribution is 5.69. The summed E-state index contributed by atoms with van der Waals surface area (Å²) in [6, 6.07) is 16.2. The van der Waals surface area contributed by atoms with Gasteiger partial charge in [0.2, 0.25) is 0 Å². The van der Waals surface area contributed by atoms with Crippen LogP contribution in [0.5, 0.6) is 5.75 Å². The number of anilines is 1. The van der Waals surface area contributed by atoms with Gasteiger partial charge in [0.05, 0.1) is 18.5 Å². The lowest BCUT2D eigenvalue weighted by atomic mass is 10.1. The Bertz CT molecular complexity index is 841. The second-order valence-electron chi connectivity index (χ2n) is 5.75. The average molecular weight is 306 g/mol. The largest absolute Gasteiger partial charge is 0.497 e. The normalized spacial score (nSPS) is 16.0. The third-order valence-electron chi connectivity index (χ3n) is 4.21. The van der Waals surface area contributed by atoms with Crippen molar-refractivity contribution in [2.75, 3.05) is 19.0 Å². The van der Waals surface area contributed by atoms with Gasteiger partial charge in [-0.1, -0.05) is 37.3 Å². The monoisotopic (exact) mass is 306 g/mol. The summed E-state index contributed by atoms with van der Waals surface area (Å²) in [4.78, 5) is 0. The fraction of sp³-hybridized carbons (Fsp3) is 0.222. The van der Waals surface area contributed by atoms with Gasteiger partial charge in [-0.05, 0) is 12.1 Å². The van der Waals surface area contributed by atoms with Crippen molar-refractivity contribution < 1.29 is 4.74 Å². The molecule has 2 aromatic carbocycles. The number of rotatable bonds is 2. The van der Waals surface area contributed by atoms with E-state index in [2.05, 4.69) is 39.1 Å². The molecule has 0 aliphatic carbocycles. The van der Waals surface area contributed by atoms with Gasteiger partial charge in [-0.25, -0.2) is 0 Å². The van der Waals surface area contributed by atoms with Crippen molar-refractivity contribution >= 4 is 5.69 Å². The SMILES string of the molecule is COc1ccc2c(c1)-n1c(-c3ccccc3)nnc1[C@H](C)CN2. The number of fused-ring (bicyclic) bond motifs is 3. The molecule has 1 aliphatic rings. The van der Waals surface area contributed by atoms with E-state index in [4.69, 9.17) is 4.74 Å². The Labute approximate surface area is 134 Å². The summed E-state index contributed by atoms with van der Waals surface area (Å²) in [5.74, 6) is 2.89. The summed E-state index contributed by atoms with van der Waals surface area (Å²) in [7, 11) is 1.68. The molecule has 1 aromatic heterocycles. The Balaban J connectivity index is 1.99. The van der Waals surface area contributed by atoms with E-state index in [0.717, 1.165) is 40.9 Å². The maximum absolute atomic E-state index is 5.40. The predicted octanol–water partition coefficient (Wildman–Crippen LogP) is 3.47. The Morgan fingerprint density at radius 1 is 1.13 bits per heavy atom. The van der Waals surface area contributed by atoms with E-state index in [0.29, 0.717) is 0 Å². The fourth-order valence-electron chi connectivity index (χ4n) is 2.95. The quantitative estimate of drug-likeness (QED) is 0.787. The van der Waals surface area contributed by atoms with Crippen molar-refractivity contribution in [3.63, 3.8) is 0 Å². The first-order valence-electron chi connectivity index (χ1n) is 7.71. The Morgan fingerprint density at radius 2 is 1.96 bits per heavy atom. The highest BCUT2D eigenvalue weighted by atomic mass is 16.5. The van der Waals surface area contributed by atoms with Gasteiger partial charge < -0.3 is 10.1 Å². The van der Waals surface area contributed by atoms with Crippen molar-refractivity contribution in [1.29, 1.82) is 0 Å². The molecule has 1 N–H and O–H groups in total. The lowest BCUT2D eigenvalue weighted by molar-refractivity contribution is 0.414.